The smallest absolute Gasteiger partial charge is 0.136 e. The van der Waals surface area contributed by atoms with Crippen molar-refractivity contribution in [1.29, 1.82) is 0 Å². The molecule has 0 heterocycles. The van der Waals surface area contributed by atoms with E-state index in [0.29, 0.717) is 30.3 Å². The van der Waals surface area contributed by atoms with Crippen molar-refractivity contribution in [3.8, 4) is 0 Å². The summed E-state index contributed by atoms with van der Waals surface area (Å²) in [6.07, 6.45) is 5.02. The van der Waals surface area contributed by atoms with Crippen molar-refractivity contribution in [2.75, 3.05) is 0 Å². The van der Waals surface area contributed by atoms with Gasteiger partial charge in [-0.1, -0.05) is 0 Å². The zero-order chi connectivity index (χ0) is 8.55. The molecule has 2 saturated carbocycles. The number of Topliss-reactive ketones (excluding diaryl/α,β-unsaturated/α-hetero) is 2. The van der Waals surface area contributed by atoms with Crippen LogP contribution in [0, 0.1) is 11.8 Å². The van der Waals surface area contributed by atoms with E-state index in [0.717, 1.165) is 25.7 Å². The predicted octanol–water partition coefficient (Wildman–Crippen LogP) is 1.72. The Morgan fingerprint density at radius 2 is 1.92 bits per heavy atom. The summed E-state index contributed by atoms with van der Waals surface area (Å²) < 4.78 is 0. The van der Waals surface area contributed by atoms with Crippen molar-refractivity contribution in [3.05, 3.63) is 0 Å². The molecule has 2 nitrogen and oxygen atoms in total. The van der Waals surface area contributed by atoms with Gasteiger partial charge in [-0.05, 0) is 25.2 Å². The van der Waals surface area contributed by atoms with Crippen LogP contribution < -0.4 is 0 Å². The van der Waals surface area contributed by atoms with Crippen LogP contribution in [-0.4, -0.2) is 11.6 Å². The zero-order valence-corrected chi connectivity index (χ0v) is 7.21. The summed E-state index contributed by atoms with van der Waals surface area (Å²) in [7, 11) is 0. The molecule has 2 heteroatoms. The van der Waals surface area contributed by atoms with Crippen LogP contribution in [0.5, 0.6) is 0 Å². The monoisotopic (exact) mass is 166 g/mol. The highest BCUT2D eigenvalue weighted by atomic mass is 16.1. The van der Waals surface area contributed by atoms with Gasteiger partial charge in [-0.3, -0.25) is 9.59 Å². The molecule has 2 aliphatic rings. The van der Waals surface area contributed by atoms with E-state index < -0.39 is 0 Å². The maximum absolute atomic E-state index is 11.4. The molecule has 66 valence electrons. The van der Waals surface area contributed by atoms with Gasteiger partial charge in [0.05, 0.1) is 0 Å². The first kappa shape index (κ1) is 7.96. The summed E-state index contributed by atoms with van der Waals surface area (Å²) in [5, 5.41) is 0. The molecule has 2 aliphatic carbocycles. The Morgan fingerprint density at radius 3 is 2.75 bits per heavy atom. The topological polar surface area (TPSA) is 34.1 Å². The second-order valence-electron chi connectivity index (χ2n) is 4.01. The molecular formula is C10H14O2. The van der Waals surface area contributed by atoms with E-state index in [2.05, 4.69) is 0 Å². The Bertz CT molecular complexity index is 220. The number of fused-ring (bicyclic) bond motifs is 1. The molecule has 0 N–H and O–H groups in total. The second-order valence-corrected chi connectivity index (χ2v) is 4.01. The number of rotatable bonds is 0. The fraction of sp³-hybridized carbons (Fsp3) is 0.800. The molecule has 0 saturated heterocycles. The third kappa shape index (κ3) is 1.30. The van der Waals surface area contributed by atoms with Crippen molar-refractivity contribution in [3.63, 3.8) is 0 Å². The van der Waals surface area contributed by atoms with Gasteiger partial charge in [0.25, 0.3) is 0 Å². The largest absolute Gasteiger partial charge is 0.300 e. The van der Waals surface area contributed by atoms with Gasteiger partial charge in [0.1, 0.15) is 11.6 Å². The molecule has 0 amide bonds. The van der Waals surface area contributed by atoms with Gasteiger partial charge in [-0.15, -0.1) is 0 Å². The van der Waals surface area contributed by atoms with Crippen LogP contribution in [0.3, 0.4) is 0 Å². The number of ketones is 2. The SMILES string of the molecule is O=C1CC[C@@H]2C(=O)CCC[C@@H]2C1. The summed E-state index contributed by atoms with van der Waals surface area (Å²) in [6.45, 7) is 0. The first-order valence-corrected chi connectivity index (χ1v) is 4.82. The third-order valence-corrected chi connectivity index (χ3v) is 3.20. The van der Waals surface area contributed by atoms with E-state index in [1.54, 1.807) is 0 Å². The van der Waals surface area contributed by atoms with Gasteiger partial charge in [0.15, 0.2) is 0 Å². The zero-order valence-electron chi connectivity index (χ0n) is 7.21. The van der Waals surface area contributed by atoms with Crippen LogP contribution in [0.25, 0.3) is 0 Å². The molecule has 2 rings (SSSR count). The second kappa shape index (κ2) is 3.00. The van der Waals surface area contributed by atoms with Crippen LogP contribution in [0.15, 0.2) is 0 Å². The van der Waals surface area contributed by atoms with Crippen LogP contribution in [-0.2, 0) is 9.59 Å². The number of carbonyl (C=O) groups excluding carboxylic acids is 2. The molecule has 0 aromatic heterocycles. The van der Waals surface area contributed by atoms with Gasteiger partial charge < -0.3 is 0 Å². The van der Waals surface area contributed by atoms with Crippen LogP contribution in [0.4, 0.5) is 0 Å². The minimum atomic E-state index is 0.247. The highest BCUT2D eigenvalue weighted by Gasteiger charge is 2.36. The molecule has 0 radical (unpaired) electrons. The van der Waals surface area contributed by atoms with Gasteiger partial charge in [0, 0.05) is 25.2 Å². The lowest BCUT2D eigenvalue weighted by Crippen LogP contribution is -2.34. The van der Waals surface area contributed by atoms with Gasteiger partial charge in [-0.2, -0.15) is 0 Å². The summed E-state index contributed by atoms with van der Waals surface area (Å²) >= 11 is 0. The summed E-state index contributed by atoms with van der Waals surface area (Å²) in [4.78, 5) is 22.5. The number of hydrogen-bond acceptors (Lipinski definition) is 2. The first-order valence-electron chi connectivity index (χ1n) is 4.82. The minimum Gasteiger partial charge on any atom is -0.300 e. The Morgan fingerprint density at radius 1 is 1.08 bits per heavy atom. The molecule has 0 aromatic carbocycles. The first-order chi connectivity index (χ1) is 5.77. The van der Waals surface area contributed by atoms with E-state index in [9.17, 15) is 9.59 Å². The van der Waals surface area contributed by atoms with Crippen LogP contribution in [0.1, 0.15) is 38.5 Å². The fourth-order valence-electron chi connectivity index (χ4n) is 2.54. The predicted molar refractivity (Wildman–Crippen MR) is 44.7 cm³/mol. The van der Waals surface area contributed by atoms with Crippen LogP contribution in [0.2, 0.25) is 0 Å². The molecule has 0 bridgehead atoms. The maximum Gasteiger partial charge on any atom is 0.136 e. The standard InChI is InChI=1S/C10H14O2/c11-8-4-5-9-7(6-8)2-1-3-10(9)12/h7,9H,1-6H2/t7-,9+/m1/s1. The van der Waals surface area contributed by atoms with E-state index in [1.165, 1.54) is 0 Å². The van der Waals surface area contributed by atoms with Crippen molar-refractivity contribution in [1.82, 2.24) is 0 Å². The van der Waals surface area contributed by atoms with Crippen molar-refractivity contribution in [2.45, 2.75) is 38.5 Å². The lowest BCUT2D eigenvalue weighted by molar-refractivity contribution is -0.132. The maximum atomic E-state index is 11.4. The third-order valence-electron chi connectivity index (χ3n) is 3.20. The van der Waals surface area contributed by atoms with Crippen molar-refractivity contribution >= 4 is 11.6 Å². The molecule has 2 fully saturated rings. The Labute approximate surface area is 72.3 Å². The lowest BCUT2D eigenvalue weighted by Gasteiger charge is -2.33. The molecule has 0 aromatic rings. The van der Waals surface area contributed by atoms with Crippen molar-refractivity contribution in [2.24, 2.45) is 11.8 Å². The summed E-state index contributed by atoms with van der Waals surface area (Å²) in [5.74, 6) is 1.44. The number of carbonyl (C=O) groups is 2. The fourth-order valence-corrected chi connectivity index (χ4v) is 2.54. The van der Waals surface area contributed by atoms with Gasteiger partial charge in [0.2, 0.25) is 0 Å². The van der Waals surface area contributed by atoms with Crippen molar-refractivity contribution < 1.29 is 9.59 Å². The molecule has 0 unspecified atom stereocenters. The highest BCUT2D eigenvalue weighted by molar-refractivity contribution is 5.86. The van der Waals surface area contributed by atoms with Gasteiger partial charge in [-0.25, -0.2) is 0 Å². The summed E-state index contributed by atoms with van der Waals surface area (Å²) in [5.41, 5.74) is 0. The molecule has 2 atom stereocenters. The Balaban J connectivity index is 2.09. The normalized spacial score (nSPS) is 36.3. The molecular weight excluding hydrogens is 152 g/mol. The Kier molecular flexibility index (Phi) is 1.99. The lowest BCUT2D eigenvalue weighted by atomic mass is 9.70. The highest BCUT2D eigenvalue weighted by Crippen LogP contribution is 2.36. The van der Waals surface area contributed by atoms with Gasteiger partial charge >= 0.3 is 0 Å². The molecule has 0 aliphatic heterocycles. The van der Waals surface area contributed by atoms with E-state index >= 15 is 0 Å². The quantitative estimate of drug-likeness (QED) is 0.549. The Hall–Kier alpha value is -0.660. The van der Waals surface area contributed by atoms with E-state index in [1.807, 2.05) is 0 Å². The molecule has 0 spiro atoms. The van der Waals surface area contributed by atoms with Crippen LogP contribution >= 0.6 is 0 Å². The van der Waals surface area contributed by atoms with E-state index in [4.69, 9.17) is 0 Å². The minimum absolute atomic E-state index is 0.247. The average molecular weight is 166 g/mol. The average Bonchev–Trinajstić information content (AvgIpc) is 2.04. The molecule has 12 heavy (non-hydrogen) atoms. The number of hydrogen-bond donors (Lipinski definition) is 0. The van der Waals surface area contributed by atoms with E-state index in [-0.39, 0.29) is 5.92 Å². The summed E-state index contributed by atoms with van der Waals surface area (Å²) in [6, 6.07) is 0.